The number of halogens is 1. The van der Waals surface area contributed by atoms with Crippen molar-refractivity contribution in [2.24, 2.45) is 0 Å². The van der Waals surface area contributed by atoms with Crippen LogP contribution in [-0.2, 0) is 32.1 Å². The number of ether oxygens (including phenoxy) is 4. The van der Waals surface area contributed by atoms with Crippen molar-refractivity contribution in [2.45, 2.75) is 31.6 Å². The van der Waals surface area contributed by atoms with Crippen molar-refractivity contribution in [1.82, 2.24) is 15.1 Å². The fourth-order valence-electron chi connectivity index (χ4n) is 5.34. The minimum atomic E-state index is -0.535. The monoisotopic (exact) mass is 605 g/mol. The lowest BCUT2D eigenvalue weighted by molar-refractivity contribution is -0.137. The lowest BCUT2D eigenvalue weighted by Gasteiger charge is -2.25. The minimum Gasteiger partial charge on any atom is -0.493 e. The summed E-state index contributed by atoms with van der Waals surface area (Å²) < 4.78 is 36.7. The van der Waals surface area contributed by atoms with E-state index in [1.165, 1.54) is 36.3 Å². The number of hydrogen-bond acceptors (Lipinski definition) is 7. The number of aryl methyl sites for hydroxylation is 1. The van der Waals surface area contributed by atoms with E-state index in [4.69, 9.17) is 18.9 Å². The molecule has 2 aliphatic rings. The van der Waals surface area contributed by atoms with E-state index in [1.807, 2.05) is 36.4 Å². The number of hydrogen-bond donors (Lipinski definition) is 1. The van der Waals surface area contributed by atoms with Crippen LogP contribution in [0.1, 0.15) is 27.9 Å². The van der Waals surface area contributed by atoms with Crippen LogP contribution in [0.15, 0.2) is 66.7 Å². The van der Waals surface area contributed by atoms with Crippen LogP contribution in [0.25, 0.3) is 0 Å². The zero-order chi connectivity index (χ0) is 31.1. The summed E-state index contributed by atoms with van der Waals surface area (Å²) in [6.07, 6.45) is 0.0724. The molecule has 0 spiro atoms. The molecule has 1 saturated heterocycles. The van der Waals surface area contributed by atoms with Gasteiger partial charge in [0.25, 0.3) is 5.91 Å². The van der Waals surface area contributed by atoms with Crippen molar-refractivity contribution in [3.05, 3.63) is 89.2 Å². The average Bonchev–Trinajstić information content (AvgIpc) is 3.43. The Morgan fingerprint density at radius 1 is 1.00 bits per heavy atom. The first-order valence-electron chi connectivity index (χ1n) is 14.5. The predicted octanol–water partition coefficient (Wildman–Crippen LogP) is 3.57. The molecule has 2 heterocycles. The van der Waals surface area contributed by atoms with Gasteiger partial charge >= 0.3 is 0 Å². The summed E-state index contributed by atoms with van der Waals surface area (Å²) >= 11 is 0. The van der Waals surface area contributed by atoms with E-state index in [9.17, 15) is 18.8 Å². The quantitative estimate of drug-likeness (QED) is 0.474. The summed E-state index contributed by atoms with van der Waals surface area (Å²) in [5.74, 6) is 0.344. The lowest BCUT2D eigenvalue weighted by atomic mass is 10.1. The second-order valence-corrected chi connectivity index (χ2v) is 10.8. The van der Waals surface area contributed by atoms with E-state index in [2.05, 4.69) is 5.32 Å². The zero-order valence-corrected chi connectivity index (χ0v) is 24.8. The molecule has 0 radical (unpaired) electrons. The van der Waals surface area contributed by atoms with E-state index < -0.39 is 18.0 Å². The first kappa shape index (κ1) is 31.0. The molecular formula is C33H36FN3O7. The number of amides is 3. The third kappa shape index (κ3) is 7.72. The van der Waals surface area contributed by atoms with Gasteiger partial charge in [-0.15, -0.1) is 0 Å². The van der Waals surface area contributed by atoms with E-state index >= 15 is 0 Å². The van der Waals surface area contributed by atoms with E-state index in [0.717, 1.165) is 11.1 Å². The molecule has 3 amide bonds. The molecule has 0 aliphatic carbocycles. The van der Waals surface area contributed by atoms with Gasteiger partial charge in [-0.3, -0.25) is 14.4 Å². The zero-order valence-electron chi connectivity index (χ0n) is 24.8. The van der Waals surface area contributed by atoms with Crippen molar-refractivity contribution in [3.63, 3.8) is 0 Å². The first-order chi connectivity index (χ1) is 21.3. The number of nitrogens with zero attached hydrogens (tertiary/aromatic N) is 2. The third-order valence-electron chi connectivity index (χ3n) is 7.69. The Hall–Kier alpha value is -4.48. The fourth-order valence-corrected chi connectivity index (χ4v) is 5.34. The molecule has 1 fully saturated rings. The topological polar surface area (TPSA) is 107 Å². The van der Waals surface area contributed by atoms with Crippen molar-refractivity contribution in [2.75, 3.05) is 47.0 Å². The highest BCUT2D eigenvalue weighted by molar-refractivity contribution is 5.94. The Morgan fingerprint density at radius 2 is 1.82 bits per heavy atom. The van der Waals surface area contributed by atoms with E-state index in [0.29, 0.717) is 29.2 Å². The first-order valence-corrected chi connectivity index (χ1v) is 14.5. The van der Waals surface area contributed by atoms with Gasteiger partial charge < -0.3 is 34.1 Å². The summed E-state index contributed by atoms with van der Waals surface area (Å²) in [5, 5.41) is 2.99. The Labute approximate surface area is 255 Å². The van der Waals surface area contributed by atoms with Gasteiger partial charge in [-0.1, -0.05) is 18.2 Å². The Morgan fingerprint density at radius 3 is 2.59 bits per heavy atom. The number of carbonyl (C=O) groups excluding carboxylic acids is 3. The number of methoxy groups -OCH3 is 2. The van der Waals surface area contributed by atoms with E-state index in [1.54, 1.807) is 18.1 Å². The number of nitrogens with one attached hydrogen (secondary N) is 1. The highest BCUT2D eigenvalue weighted by Gasteiger charge is 2.37. The molecule has 10 nitrogen and oxygen atoms in total. The van der Waals surface area contributed by atoms with Crippen molar-refractivity contribution in [1.29, 1.82) is 0 Å². The van der Waals surface area contributed by atoms with Crippen LogP contribution in [0.4, 0.5) is 4.39 Å². The van der Waals surface area contributed by atoms with Crippen molar-refractivity contribution < 1.29 is 37.7 Å². The normalized spacial score (nSPS) is 19.3. The molecule has 0 saturated carbocycles. The number of rotatable bonds is 5. The maximum Gasteiger partial charge on any atom is 0.254 e. The van der Waals surface area contributed by atoms with Crippen LogP contribution < -0.4 is 14.8 Å². The number of fused-ring (bicyclic) bond motifs is 5. The van der Waals surface area contributed by atoms with Gasteiger partial charge in [0.05, 0.1) is 39.0 Å². The Kier molecular flexibility index (Phi) is 10.1. The fraction of sp³-hybridized carbons (Fsp3) is 0.364. The molecule has 0 unspecified atom stereocenters. The van der Waals surface area contributed by atoms with Crippen LogP contribution in [0, 0.1) is 5.82 Å². The maximum absolute atomic E-state index is 13.5. The molecule has 0 aromatic heterocycles. The summed E-state index contributed by atoms with van der Waals surface area (Å²) in [4.78, 5) is 42.9. The van der Waals surface area contributed by atoms with Crippen LogP contribution >= 0.6 is 0 Å². The van der Waals surface area contributed by atoms with Crippen LogP contribution in [0.3, 0.4) is 0 Å². The summed E-state index contributed by atoms with van der Waals surface area (Å²) in [5.41, 5.74) is 2.05. The van der Waals surface area contributed by atoms with Gasteiger partial charge in [-0.25, -0.2) is 4.39 Å². The largest absolute Gasteiger partial charge is 0.493 e. The molecule has 2 aliphatic heterocycles. The molecule has 2 atom stereocenters. The van der Waals surface area contributed by atoms with Crippen molar-refractivity contribution >= 4 is 17.7 Å². The number of benzene rings is 3. The van der Waals surface area contributed by atoms with Gasteiger partial charge in [0.2, 0.25) is 11.8 Å². The molecule has 232 valence electrons. The predicted molar refractivity (Wildman–Crippen MR) is 159 cm³/mol. The molecule has 3 aromatic carbocycles. The van der Waals surface area contributed by atoms with Crippen LogP contribution in [0.5, 0.6) is 17.2 Å². The molecular weight excluding hydrogens is 569 g/mol. The Bertz CT molecular complexity index is 1480. The van der Waals surface area contributed by atoms with Gasteiger partial charge in [-0.2, -0.15) is 0 Å². The van der Waals surface area contributed by atoms with Gasteiger partial charge in [-0.05, 0) is 66.1 Å². The van der Waals surface area contributed by atoms with Crippen molar-refractivity contribution in [3.8, 4) is 17.2 Å². The summed E-state index contributed by atoms with van der Waals surface area (Å²) in [6.45, 7) is 0.948. The summed E-state index contributed by atoms with van der Waals surface area (Å²) in [7, 11) is 3.10. The molecule has 44 heavy (non-hydrogen) atoms. The Balaban J connectivity index is 1.42. The minimum absolute atomic E-state index is 0.170. The standard InChI is InChI=1S/C33H36FN3O7/c1-41-15-14-36-20-31(38)35-27-18-37(33(40)24-8-10-25(34)11-9-24)19-30(27)43-21-23-4-3-5-26(16-23)44-29-17-22(7-13-32(36)39)6-12-28(29)42-2/h3-6,8-12,16-17,27,30H,7,13-15,18-21H2,1-2H3,(H,35,38)/t27-,30-/m0/s1. The molecule has 11 heteroatoms. The van der Waals surface area contributed by atoms with Crippen LogP contribution in [0.2, 0.25) is 0 Å². The number of likely N-dealkylation sites (tertiary alicyclic amines) is 1. The molecule has 3 aromatic rings. The highest BCUT2D eigenvalue weighted by Crippen LogP contribution is 2.33. The average molecular weight is 606 g/mol. The molecule has 4 bridgehead atoms. The smallest absolute Gasteiger partial charge is 0.254 e. The SMILES string of the molecule is COCCN1CC(=O)N[C@H]2CN(C(=O)c3ccc(F)cc3)C[C@@H]2OCc2cccc(c2)Oc2cc(ccc2OC)CCC1=O. The van der Waals surface area contributed by atoms with Gasteiger partial charge in [0, 0.05) is 38.7 Å². The van der Waals surface area contributed by atoms with Gasteiger partial charge in [0.15, 0.2) is 11.5 Å². The van der Waals surface area contributed by atoms with Gasteiger partial charge in [0.1, 0.15) is 11.6 Å². The maximum atomic E-state index is 13.5. The van der Waals surface area contributed by atoms with Crippen LogP contribution in [-0.4, -0.2) is 86.7 Å². The molecule has 5 rings (SSSR count). The molecule has 1 N–H and O–H groups in total. The lowest BCUT2D eigenvalue weighted by Crippen LogP contribution is -2.49. The highest BCUT2D eigenvalue weighted by atomic mass is 19.1. The number of carbonyl (C=O) groups is 3. The summed E-state index contributed by atoms with van der Waals surface area (Å²) in [6, 6.07) is 17.8. The van der Waals surface area contributed by atoms with E-state index in [-0.39, 0.29) is 63.5 Å². The second-order valence-electron chi connectivity index (χ2n) is 10.8. The second kappa shape index (κ2) is 14.3. The third-order valence-corrected chi connectivity index (χ3v) is 7.69.